The van der Waals surface area contributed by atoms with Gasteiger partial charge in [0.05, 0.1) is 0 Å². The molecule has 1 unspecified atom stereocenters. The molecular weight excluding hydrogens is 310 g/mol. The minimum atomic E-state index is -0.194. The average Bonchev–Trinajstić information content (AvgIpc) is 2.58. The maximum atomic E-state index is 11.9. The summed E-state index contributed by atoms with van der Waals surface area (Å²) in [4.78, 5) is 13.8. The standard InChI is InChI=1S/C22H43NO2/c1-6-7-8-9-10-11-12-13-14-15-16-17-18-19-20(2)22(24)25-21(3)23(4)5/h19,21H,6-18H2,1-5H3. The first-order valence-electron chi connectivity index (χ1n) is 10.5. The number of rotatable bonds is 16. The highest BCUT2D eigenvalue weighted by molar-refractivity contribution is 5.87. The first-order chi connectivity index (χ1) is 12.0. The Morgan fingerprint density at radius 1 is 0.880 bits per heavy atom. The first kappa shape index (κ1) is 24.2. The third kappa shape index (κ3) is 15.2. The Labute approximate surface area is 157 Å². The van der Waals surface area contributed by atoms with Crippen molar-refractivity contribution in [3.05, 3.63) is 11.6 Å². The second-order valence-electron chi connectivity index (χ2n) is 7.53. The average molecular weight is 354 g/mol. The molecule has 0 N–H and O–H groups in total. The molecule has 0 aliphatic heterocycles. The zero-order chi connectivity index (χ0) is 18.9. The molecule has 0 rings (SSSR count). The van der Waals surface area contributed by atoms with Gasteiger partial charge in [-0.2, -0.15) is 0 Å². The van der Waals surface area contributed by atoms with E-state index in [1.54, 1.807) is 0 Å². The lowest BCUT2D eigenvalue weighted by atomic mass is 10.0. The number of unbranched alkanes of at least 4 members (excludes halogenated alkanes) is 12. The Morgan fingerprint density at radius 3 is 1.76 bits per heavy atom. The molecule has 0 aromatic rings. The van der Waals surface area contributed by atoms with Gasteiger partial charge in [-0.1, -0.05) is 83.6 Å². The molecule has 25 heavy (non-hydrogen) atoms. The van der Waals surface area contributed by atoms with Gasteiger partial charge >= 0.3 is 5.97 Å². The van der Waals surface area contributed by atoms with E-state index >= 15 is 0 Å². The lowest BCUT2D eigenvalue weighted by molar-refractivity contribution is -0.150. The lowest BCUT2D eigenvalue weighted by Crippen LogP contribution is -2.30. The summed E-state index contributed by atoms with van der Waals surface area (Å²) in [6.45, 7) is 6.01. The van der Waals surface area contributed by atoms with Gasteiger partial charge in [0.25, 0.3) is 0 Å². The highest BCUT2D eigenvalue weighted by Crippen LogP contribution is 2.13. The van der Waals surface area contributed by atoms with Crippen LogP contribution in [0.25, 0.3) is 0 Å². The summed E-state index contributed by atoms with van der Waals surface area (Å²) in [5.41, 5.74) is 0.733. The SMILES string of the molecule is CCCCCCCCCCCCCCC=C(C)C(=O)OC(C)N(C)C. The molecule has 0 aliphatic carbocycles. The molecule has 3 nitrogen and oxygen atoms in total. The van der Waals surface area contributed by atoms with E-state index in [1.165, 1.54) is 77.0 Å². The molecule has 0 saturated heterocycles. The van der Waals surface area contributed by atoms with Crippen molar-refractivity contribution in [3.63, 3.8) is 0 Å². The number of nitrogens with zero attached hydrogens (tertiary/aromatic N) is 1. The van der Waals surface area contributed by atoms with E-state index in [2.05, 4.69) is 6.92 Å². The van der Waals surface area contributed by atoms with Gasteiger partial charge in [-0.25, -0.2) is 4.79 Å². The second kappa shape index (κ2) is 16.6. The number of hydrogen-bond acceptors (Lipinski definition) is 3. The number of carbonyl (C=O) groups excluding carboxylic acids is 1. The van der Waals surface area contributed by atoms with Crippen LogP contribution >= 0.6 is 0 Å². The fraction of sp³-hybridized carbons (Fsp3) is 0.864. The molecule has 0 bridgehead atoms. The van der Waals surface area contributed by atoms with Gasteiger partial charge < -0.3 is 4.74 Å². The Balaban J connectivity index is 3.48. The van der Waals surface area contributed by atoms with Crippen LogP contribution in [0.3, 0.4) is 0 Å². The fourth-order valence-corrected chi connectivity index (χ4v) is 2.74. The highest BCUT2D eigenvalue weighted by Gasteiger charge is 2.12. The summed E-state index contributed by atoms with van der Waals surface area (Å²) in [6.07, 6.45) is 19.2. The van der Waals surface area contributed by atoms with Crippen molar-refractivity contribution in [2.45, 2.75) is 110 Å². The molecule has 0 fully saturated rings. The summed E-state index contributed by atoms with van der Waals surface area (Å²) < 4.78 is 5.36. The van der Waals surface area contributed by atoms with E-state index in [-0.39, 0.29) is 12.2 Å². The molecule has 0 amide bonds. The van der Waals surface area contributed by atoms with Crippen LogP contribution in [0.1, 0.15) is 104 Å². The van der Waals surface area contributed by atoms with Crippen LogP contribution in [-0.2, 0) is 9.53 Å². The van der Waals surface area contributed by atoms with Gasteiger partial charge in [0.15, 0.2) is 6.23 Å². The van der Waals surface area contributed by atoms with Crippen LogP contribution in [-0.4, -0.2) is 31.2 Å². The van der Waals surface area contributed by atoms with Gasteiger partial charge in [0.2, 0.25) is 0 Å². The molecule has 0 radical (unpaired) electrons. The van der Waals surface area contributed by atoms with Crippen molar-refractivity contribution >= 4 is 5.97 Å². The van der Waals surface area contributed by atoms with Gasteiger partial charge in [-0.05, 0) is 40.8 Å². The summed E-state index contributed by atoms with van der Waals surface area (Å²) in [5.74, 6) is -0.194. The Hall–Kier alpha value is -0.830. The van der Waals surface area contributed by atoms with Crippen LogP contribution in [0, 0.1) is 0 Å². The maximum Gasteiger partial charge on any atom is 0.334 e. The van der Waals surface area contributed by atoms with E-state index in [9.17, 15) is 4.79 Å². The Kier molecular flexibility index (Phi) is 16.1. The smallest absolute Gasteiger partial charge is 0.334 e. The number of hydrogen-bond donors (Lipinski definition) is 0. The van der Waals surface area contributed by atoms with Crippen LogP contribution in [0.15, 0.2) is 11.6 Å². The van der Waals surface area contributed by atoms with Crippen molar-refractivity contribution in [2.24, 2.45) is 0 Å². The minimum absolute atomic E-state index is 0.178. The maximum absolute atomic E-state index is 11.9. The second-order valence-corrected chi connectivity index (χ2v) is 7.53. The first-order valence-corrected chi connectivity index (χ1v) is 10.5. The van der Waals surface area contributed by atoms with E-state index < -0.39 is 0 Å². The summed E-state index contributed by atoms with van der Waals surface area (Å²) in [7, 11) is 3.81. The summed E-state index contributed by atoms with van der Waals surface area (Å²) >= 11 is 0. The van der Waals surface area contributed by atoms with Crippen LogP contribution in [0.2, 0.25) is 0 Å². The molecule has 0 aromatic carbocycles. The Bertz CT molecular complexity index is 350. The molecule has 0 heterocycles. The predicted octanol–water partition coefficient (Wildman–Crippen LogP) is 6.47. The van der Waals surface area contributed by atoms with Crippen molar-refractivity contribution in [1.82, 2.24) is 4.90 Å². The number of esters is 1. The van der Waals surface area contributed by atoms with Crippen molar-refractivity contribution in [2.75, 3.05) is 14.1 Å². The number of carbonyl (C=O) groups is 1. The van der Waals surface area contributed by atoms with Gasteiger partial charge in [0, 0.05) is 5.57 Å². The summed E-state index contributed by atoms with van der Waals surface area (Å²) in [5, 5.41) is 0. The van der Waals surface area contributed by atoms with Crippen molar-refractivity contribution in [1.29, 1.82) is 0 Å². The molecule has 1 atom stereocenters. The normalized spacial score (nSPS) is 13.3. The monoisotopic (exact) mass is 353 g/mol. The van der Waals surface area contributed by atoms with Crippen LogP contribution in [0.5, 0.6) is 0 Å². The van der Waals surface area contributed by atoms with Crippen LogP contribution < -0.4 is 0 Å². The Morgan fingerprint density at radius 2 is 1.32 bits per heavy atom. The quantitative estimate of drug-likeness (QED) is 0.138. The fourth-order valence-electron chi connectivity index (χ4n) is 2.74. The molecule has 0 saturated carbocycles. The molecular formula is C22H43NO2. The van der Waals surface area contributed by atoms with E-state index in [1.807, 2.05) is 38.9 Å². The molecule has 0 aliphatic rings. The highest BCUT2D eigenvalue weighted by atomic mass is 16.6. The molecule has 3 heteroatoms. The molecule has 0 aromatic heterocycles. The van der Waals surface area contributed by atoms with Gasteiger partial charge in [-0.3, -0.25) is 4.90 Å². The van der Waals surface area contributed by atoms with Crippen molar-refractivity contribution < 1.29 is 9.53 Å². The summed E-state index contributed by atoms with van der Waals surface area (Å²) in [6, 6.07) is 0. The zero-order valence-electron chi connectivity index (χ0n) is 17.6. The van der Waals surface area contributed by atoms with Crippen LogP contribution in [0.4, 0.5) is 0 Å². The third-order valence-electron chi connectivity index (χ3n) is 4.83. The molecule has 0 spiro atoms. The number of ether oxygens (including phenoxy) is 1. The van der Waals surface area contributed by atoms with E-state index in [0.717, 1.165) is 12.0 Å². The number of allylic oxidation sites excluding steroid dienone is 1. The zero-order valence-corrected chi connectivity index (χ0v) is 17.6. The topological polar surface area (TPSA) is 29.5 Å². The predicted molar refractivity (Wildman–Crippen MR) is 109 cm³/mol. The van der Waals surface area contributed by atoms with E-state index in [4.69, 9.17) is 4.74 Å². The molecule has 148 valence electrons. The van der Waals surface area contributed by atoms with Gasteiger partial charge in [0.1, 0.15) is 0 Å². The minimum Gasteiger partial charge on any atom is -0.443 e. The lowest BCUT2D eigenvalue weighted by Gasteiger charge is -2.19. The third-order valence-corrected chi connectivity index (χ3v) is 4.83. The van der Waals surface area contributed by atoms with Gasteiger partial charge in [-0.15, -0.1) is 0 Å². The van der Waals surface area contributed by atoms with E-state index in [0.29, 0.717) is 0 Å². The largest absolute Gasteiger partial charge is 0.443 e. The van der Waals surface area contributed by atoms with Crippen molar-refractivity contribution in [3.8, 4) is 0 Å².